The van der Waals surface area contributed by atoms with Gasteiger partial charge in [0.15, 0.2) is 0 Å². The van der Waals surface area contributed by atoms with Crippen LogP contribution in [0.1, 0.15) is 18.5 Å². The van der Waals surface area contributed by atoms with Gasteiger partial charge >= 0.3 is 0 Å². The molecule has 19 heavy (non-hydrogen) atoms. The zero-order chi connectivity index (χ0) is 13.8. The van der Waals surface area contributed by atoms with E-state index in [9.17, 15) is 9.59 Å². The molecule has 1 heterocycles. The van der Waals surface area contributed by atoms with Crippen LogP contribution in [-0.2, 0) is 9.59 Å². The molecule has 0 bridgehead atoms. The highest BCUT2D eigenvalue weighted by molar-refractivity contribution is 5.83. The van der Waals surface area contributed by atoms with Crippen LogP contribution in [0.5, 0.6) is 0 Å². The zero-order valence-electron chi connectivity index (χ0n) is 11.0. The van der Waals surface area contributed by atoms with E-state index in [2.05, 4.69) is 5.32 Å². The Morgan fingerprint density at radius 3 is 2.53 bits per heavy atom. The van der Waals surface area contributed by atoms with Crippen molar-refractivity contribution in [1.29, 1.82) is 0 Å². The maximum Gasteiger partial charge on any atom is 0.227 e. The monoisotopic (exact) mass is 261 g/mol. The van der Waals surface area contributed by atoms with E-state index in [0.717, 1.165) is 5.56 Å². The molecule has 1 aromatic carbocycles. The molecule has 3 N–H and O–H groups in total. The van der Waals surface area contributed by atoms with Gasteiger partial charge in [-0.2, -0.15) is 0 Å². The number of nitrogens with zero attached hydrogens (tertiary/aromatic N) is 1. The third kappa shape index (κ3) is 3.12. The fourth-order valence-electron chi connectivity index (χ4n) is 2.15. The van der Waals surface area contributed by atoms with Gasteiger partial charge in [-0.1, -0.05) is 30.3 Å². The summed E-state index contributed by atoms with van der Waals surface area (Å²) in [4.78, 5) is 24.8. The van der Waals surface area contributed by atoms with Crippen molar-refractivity contribution < 1.29 is 9.59 Å². The lowest BCUT2D eigenvalue weighted by atomic mass is 9.98. The van der Waals surface area contributed by atoms with Crippen LogP contribution < -0.4 is 11.1 Å². The molecule has 2 rings (SSSR count). The maximum atomic E-state index is 12.0. The Bertz CT molecular complexity index is 455. The molecule has 5 nitrogen and oxygen atoms in total. The van der Waals surface area contributed by atoms with Crippen LogP contribution in [0.3, 0.4) is 0 Å². The molecule has 1 fully saturated rings. The van der Waals surface area contributed by atoms with Crippen LogP contribution >= 0.6 is 0 Å². The molecule has 5 heteroatoms. The Morgan fingerprint density at radius 1 is 1.37 bits per heavy atom. The van der Waals surface area contributed by atoms with E-state index in [0.29, 0.717) is 19.6 Å². The molecule has 0 spiro atoms. The summed E-state index contributed by atoms with van der Waals surface area (Å²) in [5.41, 5.74) is 6.71. The average Bonchev–Trinajstić information content (AvgIpc) is 2.34. The number of benzene rings is 1. The summed E-state index contributed by atoms with van der Waals surface area (Å²) < 4.78 is 0. The molecule has 0 radical (unpaired) electrons. The fourth-order valence-corrected chi connectivity index (χ4v) is 2.15. The van der Waals surface area contributed by atoms with E-state index < -0.39 is 0 Å². The highest BCUT2D eigenvalue weighted by Gasteiger charge is 2.34. The molecule has 1 aromatic rings. The Kier molecular flexibility index (Phi) is 4.16. The van der Waals surface area contributed by atoms with Crippen molar-refractivity contribution in [2.75, 3.05) is 19.6 Å². The number of nitrogens with one attached hydrogen (secondary N) is 1. The summed E-state index contributed by atoms with van der Waals surface area (Å²) in [7, 11) is 0. The van der Waals surface area contributed by atoms with Gasteiger partial charge < -0.3 is 16.0 Å². The Morgan fingerprint density at radius 2 is 2.00 bits per heavy atom. The van der Waals surface area contributed by atoms with Crippen molar-refractivity contribution in [3.8, 4) is 0 Å². The second-order valence-electron chi connectivity index (χ2n) is 4.83. The Balaban J connectivity index is 1.90. The number of amides is 2. The maximum absolute atomic E-state index is 12.0. The molecule has 1 aliphatic rings. The Labute approximate surface area is 112 Å². The molecule has 0 aromatic heterocycles. The predicted octanol–water partition coefficient (Wildman–Crippen LogP) is 0.281. The van der Waals surface area contributed by atoms with E-state index in [1.165, 1.54) is 6.92 Å². The van der Waals surface area contributed by atoms with Crippen LogP contribution in [0, 0.1) is 5.92 Å². The molecule has 0 saturated carbocycles. The number of carbonyl (C=O) groups excluding carboxylic acids is 2. The third-order valence-corrected chi connectivity index (χ3v) is 3.45. The van der Waals surface area contributed by atoms with Gasteiger partial charge in [-0.15, -0.1) is 0 Å². The first-order chi connectivity index (χ1) is 9.11. The van der Waals surface area contributed by atoms with E-state index in [1.807, 2.05) is 30.3 Å². The van der Waals surface area contributed by atoms with Gasteiger partial charge in [0.25, 0.3) is 0 Å². The summed E-state index contributed by atoms with van der Waals surface area (Å²) in [6, 6.07) is 9.49. The minimum absolute atomic E-state index is 0.0162. The summed E-state index contributed by atoms with van der Waals surface area (Å²) >= 11 is 0. The first-order valence-electron chi connectivity index (χ1n) is 6.42. The van der Waals surface area contributed by atoms with Gasteiger partial charge in [0.1, 0.15) is 0 Å². The number of carbonyl (C=O) groups is 2. The van der Waals surface area contributed by atoms with Crippen molar-refractivity contribution in [2.45, 2.75) is 13.0 Å². The number of rotatable bonds is 4. The molecular formula is C14H19N3O2. The highest BCUT2D eigenvalue weighted by Crippen LogP contribution is 2.18. The zero-order valence-corrected chi connectivity index (χ0v) is 11.0. The van der Waals surface area contributed by atoms with Crippen LogP contribution in [0.25, 0.3) is 0 Å². The van der Waals surface area contributed by atoms with Crippen LogP contribution in [0.15, 0.2) is 30.3 Å². The summed E-state index contributed by atoms with van der Waals surface area (Å²) in [6.45, 7) is 2.89. The van der Waals surface area contributed by atoms with Gasteiger partial charge in [0.05, 0.1) is 12.0 Å². The molecule has 102 valence electrons. The lowest BCUT2D eigenvalue weighted by molar-refractivity contribution is -0.141. The van der Waals surface area contributed by atoms with E-state index in [4.69, 9.17) is 5.73 Å². The van der Waals surface area contributed by atoms with E-state index >= 15 is 0 Å². The SMILES string of the molecule is CC(=O)N1CC(C(=O)N[C@H](CN)c2ccccc2)C1. The summed E-state index contributed by atoms with van der Waals surface area (Å²) in [5, 5.41) is 2.94. The van der Waals surface area contributed by atoms with E-state index in [-0.39, 0.29) is 23.8 Å². The molecule has 1 aliphatic heterocycles. The van der Waals surface area contributed by atoms with Crippen LogP contribution in [-0.4, -0.2) is 36.3 Å². The first-order valence-corrected chi connectivity index (χ1v) is 6.42. The number of hydrogen-bond acceptors (Lipinski definition) is 3. The van der Waals surface area contributed by atoms with E-state index in [1.54, 1.807) is 4.90 Å². The van der Waals surface area contributed by atoms with Gasteiger partial charge in [0.2, 0.25) is 11.8 Å². The standard InChI is InChI=1S/C14H19N3O2/c1-10(18)17-8-12(9-17)14(19)16-13(7-15)11-5-3-2-4-6-11/h2-6,12-13H,7-9,15H2,1H3,(H,16,19)/t13-/m1/s1. The predicted molar refractivity (Wildman–Crippen MR) is 72.1 cm³/mol. The minimum Gasteiger partial charge on any atom is -0.348 e. The number of hydrogen-bond donors (Lipinski definition) is 2. The number of nitrogens with two attached hydrogens (primary N) is 1. The van der Waals surface area contributed by atoms with Gasteiger partial charge in [-0.05, 0) is 5.56 Å². The topological polar surface area (TPSA) is 75.4 Å². The van der Waals surface area contributed by atoms with Gasteiger partial charge in [-0.3, -0.25) is 9.59 Å². The van der Waals surface area contributed by atoms with Crippen molar-refractivity contribution in [1.82, 2.24) is 10.2 Å². The van der Waals surface area contributed by atoms with Crippen molar-refractivity contribution in [3.63, 3.8) is 0 Å². The normalized spacial score (nSPS) is 16.6. The second kappa shape index (κ2) is 5.84. The fraction of sp³-hybridized carbons (Fsp3) is 0.429. The first kappa shape index (κ1) is 13.5. The van der Waals surface area contributed by atoms with Gasteiger partial charge in [0, 0.05) is 26.6 Å². The molecule has 1 saturated heterocycles. The van der Waals surface area contributed by atoms with Crippen molar-refractivity contribution in [2.24, 2.45) is 11.7 Å². The third-order valence-electron chi connectivity index (χ3n) is 3.45. The second-order valence-corrected chi connectivity index (χ2v) is 4.83. The molecular weight excluding hydrogens is 242 g/mol. The molecule has 0 unspecified atom stereocenters. The largest absolute Gasteiger partial charge is 0.348 e. The van der Waals surface area contributed by atoms with Crippen LogP contribution in [0.4, 0.5) is 0 Å². The quantitative estimate of drug-likeness (QED) is 0.817. The molecule has 2 amide bonds. The summed E-state index contributed by atoms with van der Waals surface area (Å²) in [6.07, 6.45) is 0. The van der Waals surface area contributed by atoms with Gasteiger partial charge in [-0.25, -0.2) is 0 Å². The minimum atomic E-state index is -0.167. The summed E-state index contributed by atoms with van der Waals surface area (Å²) in [5.74, 6) is -0.124. The molecule has 0 aliphatic carbocycles. The average molecular weight is 261 g/mol. The van der Waals surface area contributed by atoms with Crippen LogP contribution in [0.2, 0.25) is 0 Å². The number of likely N-dealkylation sites (tertiary alicyclic amines) is 1. The van der Waals surface area contributed by atoms with Crippen molar-refractivity contribution >= 4 is 11.8 Å². The Hall–Kier alpha value is -1.88. The smallest absolute Gasteiger partial charge is 0.227 e. The molecule has 1 atom stereocenters. The highest BCUT2D eigenvalue weighted by atomic mass is 16.2. The van der Waals surface area contributed by atoms with Crippen molar-refractivity contribution in [3.05, 3.63) is 35.9 Å². The lowest BCUT2D eigenvalue weighted by Gasteiger charge is -2.38. The lowest BCUT2D eigenvalue weighted by Crippen LogP contribution is -2.55.